The van der Waals surface area contributed by atoms with Crippen LogP contribution >= 0.6 is 0 Å². The highest BCUT2D eigenvalue weighted by atomic mass is 32.2. The first-order chi connectivity index (χ1) is 8.10. The summed E-state index contributed by atoms with van der Waals surface area (Å²) in [5.41, 5.74) is -2.42. The van der Waals surface area contributed by atoms with Crippen LogP contribution in [0, 0.1) is 5.82 Å². The highest BCUT2D eigenvalue weighted by Crippen LogP contribution is 2.24. The first-order valence-electron chi connectivity index (χ1n) is 5.05. The van der Waals surface area contributed by atoms with Gasteiger partial charge in [-0.3, -0.25) is 0 Å². The minimum absolute atomic E-state index is 0.238. The van der Waals surface area contributed by atoms with Crippen LogP contribution in [0.2, 0.25) is 0 Å². The van der Waals surface area contributed by atoms with Crippen molar-refractivity contribution in [3.8, 4) is 0 Å². The normalized spacial score (nSPS) is 16.9. The van der Waals surface area contributed by atoms with Crippen LogP contribution in [-0.2, 0) is 14.6 Å². The van der Waals surface area contributed by atoms with Crippen molar-refractivity contribution in [3.05, 3.63) is 30.1 Å². The number of carboxylic acid groups (broad SMARTS) is 1. The zero-order valence-corrected chi connectivity index (χ0v) is 10.6. The molecule has 0 fully saturated rings. The van der Waals surface area contributed by atoms with Crippen LogP contribution in [0.3, 0.4) is 0 Å². The third-order valence-electron chi connectivity index (χ3n) is 2.83. The summed E-state index contributed by atoms with van der Waals surface area (Å²) in [6, 6.07) is 3.96. The Balaban J connectivity index is 3.23. The predicted molar refractivity (Wildman–Crippen MR) is 61.3 cm³/mol. The molecule has 1 aromatic carbocycles. The lowest BCUT2D eigenvalue weighted by Crippen LogP contribution is -2.49. The molecule has 0 spiro atoms. The summed E-state index contributed by atoms with van der Waals surface area (Å²) in [7, 11) is -4.06. The van der Waals surface area contributed by atoms with Gasteiger partial charge in [0.1, 0.15) is 11.1 Å². The number of halogens is 1. The van der Waals surface area contributed by atoms with Gasteiger partial charge in [-0.15, -0.1) is 0 Å². The van der Waals surface area contributed by atoms with Gasteiger partial charge in [0.25, 0.3) is 0 Å². The van der Waals surface area contributed by atoms with Crippen molar-refractivity contribution < 1.29 is 27.8 Å². The van der Waals surface area contributed by atoms with Crippen molar-refractivity contribution in [1.29, 1.82) is 0 Å². The molecular formula is C11H13FO5S. The smallest absolute Gasteiger partial charge is 0.336 e. The number of carbonyl (C=O) groups is 1. The van der Waals surface area contributed by atoms with E-state index in [1.54, 1.807) is 0 Å². The molecule has 0 heterocycles. The summed E-state index contributed by atoms with van der Waals surface area (Å²) in [4.78, 5) is 10.6. The molecule has 0 aliphatic heterocycles. The number of sulfone groups is 1. The maximum absolute atomic E-state index is 12.7. The highest BCUT2D eigenvalue weighted by molar-refractivity contribution is 7.92. The molecule has 18 heavy (non-hydrogen) atoms. The SMILES string of the molecule is C[C@H](C(C)(O)C(=O)O)S(=O)(=O)c1ccc(F)cc1. The van der Waals surface area contributed by atoms with Crippen LogP contribution < -0.4 is 0 Å². The van der Waals surface area contributed by atoms with Crippen molar-refractivity contribution in [2.45, 2.75) is 29.6 Å². The zero-order valence-electron chi connectivity index (χ0n) is 9.79. The minimum atomic E-state index is -4.06. The number of hydrogen-bond acceptors (Lipinski definition) is 4. The van der Waals surface area contributed by atoms with E-state index in [0.29, 0.717) is 0 Å². The second-order valence-electron chi connectivity index (χ2n) is 4.09. The van der Waals surface area contributed by atoms with Gasteiger partial charge in [-0.1, -0.05) is 0 Å². The number of aliphatic carboxylic acids is 1. The molecule has 0 amide bonds. The number of benzene rings is 1. The first-order valence-corrected chi connectivity index (χ1v) is 6.60. The fourth-order valence-corrected chi connectivity index (χ4v) is 2.93. The maximum Gasteiger partial charge on any atom is 0.336 e. The Morgan fingerprint density at radius 1 is 1.33 bits per heavy atom. The molecule has 2 atom stereocenters. The minimum Gasteiger partial charge on any atom is -0.479 e. The van der Waals surface area contributed by atoms with Crippen molar-refractivity contribution in [2.75, 3.05) is 0 Å². The Morgan fingerprint density at radius 2 is 1.78 bits per heavy atom. The Morgan fingerprint density at radius 3 is 2.17 bits per heavy atom. The van der Waals surface area contributed by atoms with Gasteiger partial charge in [0, 0.05) is 0 Å². The summed E-state index contributed by atoms with van der Waals surface area (Å²) in [5.74, 6) is -2.24. The lowest BCUT2D eigenvalue weighted by Gasteiger charge is -2.25. The van der Waals surface area contributed by atoms with Gasteiger partial charge < -0.3 is 10.2 Å². The predicted octanol–water partition coefficient (Wildman–Crippen LogP) is 0.824. The molecule has 0 radical (unpaired) electrons. The third-order valence-corrected chi connectivity index (χ3v) is 5.15. The Kier molecular flexibility index (Phi) is 3.78. The van der Waals surface area contributed by atoms with E-state index in [4.69, 9.17) is 5.11 Å². The van der Waals surface area contributed by atoms with Gasteiger partial charge >= 0.3 is 5.97 Å². The van der Waals surface area contributed by atoms with Gasteiger partial charge in [0.2, 0.25) is 0 Å². The number of carboxylic acids is 1. The number of rotatable bonds is 4. The van der Waals surface area contributed by atoms with E-state index in [-0.39, 0.29) is 4.90 Å². The molecule has 1 unspecified atom stereocenters. The molecule has 0 aliphatic rings. The molecular weight excluding hydrogens is 263 g/mol. The monoisotopic (exact) mass is 276 g/mol. The van der Waals surface area contributed by atoms with Crippen LogP contribution in [0.5, 0.6) is 0 Å². The van der Waals surface area contributed by atoms with Crippen molar-refractivity contribution in [2.24, 2.45) is 0 Å². The fourth-order valence-electron chi connectivity index (χ4n) is 1.30. The van der Waals surface area contributed by atoms with Crippen LogP contribution in [0.15, 0.2) is 29.2 Å². The van der Waals surface area contributed by atoms with Crippen LogP contribution in [-0.4, -0.2) is 35.5 Å². The van der Waals surface area contributed by atoms with Gasteiger partial charge in [-0.2, -0.15) is 0 Å². The summed E-state index contributed by atoms with van der Waals surface area (Å²) in [6.45, 7) is 1.99. The molecule has 0 saturated heterocycles. The number of aliphatic hydroxyl groups is 1. The molecule has 0 saturated carbocycles. The lowest BCUT2D eigenvalue weighted by atomic mass is 10.0. The third kappa shape index (κ3) is 2.51. The molecule has 1 rings (SSSR count). The molecule has 100 valence electrons. The van der Waals surface area contributed by atoms with E-state index in [9.17, 15) is 22.7 Å². The quantitative estimate of drug-likeness (QED) is 0.794. The maximum atomic E-state index is 12.7. The van der Waals surface area contributed by atoms with E-state index in [1.165, 1.54) is 0 Å². The van der Waals surface area contributed by atoms with Crippen LogP contribution in [0.25, 0.3) is 0 Å². The largest absolute Gasteiger partial charge is 0.479 e. The van der Waals surface area contributed by atoms with E-state index in [0.717, 1.165) is 38.1 Å². The summed E-state index contributed by atoms with van der Waals surface area (Å²) in [6.07, 6.45) is 0. The van der Waals surface area contributed by atoms with E-state index in [1.807, 2.05) is 0 Å². The molecule has 0 aliphatic carbocycles. The van der Waals surface area contributed by atoms with Crippen LogP contribution in [0.4, 0.5) is 4.39 Å². The summed E-state index contributed by atoms with van der Waals surface area (Å²) in [5, 5.41) is 16.9. The Labute approximate surface area is 104 Å². The van der Waals surface area contributed by atoms with Crippen molar-refractivity contribution in [3.63, 3.8) is 0 Å². The molecule has 0 bridgehead atoms. The number of hydrogen-bond donors (Lipinski definition) is 2. The van der Waals surface area contributed by atoms with Crippen LogP contribution in [0.1, 0.15) is 13.8 Å². The van der Waals surface area contributed by atoms with Gasteiger partial charge in [-0.25, -0.2) is 17.6 Å². The fraction of sp³-hybridized carbons (Fsp3) is 0.364. The van der Waals surface area contributed by atoms with E-state index >= 15 is 0 Å². The van der Waals surface area contributed by atoms with Crippen molar-refractivity contribution >= 4 is 15.8 Å². The summed E-state index contributed by atoms with van der Waals surface area (Å²) < 4.78 is 36.8. The molecule has 5 nitrogen and oxygen atoms in total. The molecule has 0 aromatic heterocycles. The zero-order chi connectivity index (χ0) is 14.1. The first kappa shape index (κ1) is 14.6. The Hall–Kier alpha value is -1.47. The average molecular weight is 276 g/mol. The summed E-state index contributed by atoms with van der Waals surface area (Å²) >= 11 is 0. The second kappa shape index (κ2) is 4.66. The van der Waals surface area contributed by atoms with Gasteiger partial charge in [0.15, 0.2) is 15.4 Å². The standard InChI is InChI=1S/C11H13FO5S/c1-7(11(2,15)10(13)14)18(16,17)9-5-3-8(12)4-6-9/h3-7,15H,1-2H3,(H,13,14)/t7-,11?/m1/s1. The molecule has 2 N–H and O–H groups in total. The molecule has 7 heteroatoms. The molecule has 1 aromatic rings. The van der Waals surface area contributed by atoms with Gasteiger partial charge in [-0.05, 0) is 38.1 Å². The highest BCUT2D eigenvalue weighted by Gasteiger charge is 2.44. The van der Waals surface area contributed by atoms with Crippen molar-refractivity contribution in [1.82, 2.24) is 0 Å². The average Bonchev–Trinajstić information content (AvgIpc) is 2.28. The second-order valence-corrected chi connectivity index (χ2v) is 6.36. The lowest BCUT2D eigenvalue weighted by molar-refractivity contribution is -0.156. The van der Waals surface area contributed by atoms with E-state index < -0.39 is 32.5 Å². The van der Waals surface area contributed by atoms with E-state index in [2.05, 4.69) is 0 Å². The van der Waals surface area contributed by atoms with Gasteiger partial charge in [0.05, 0.1) is 4.90 Å². The topological polar surface area (TPSA) is 91.7 Å². The Bertz CT molecular complexity index is 547.